The minimum atomic E-state index is -0.0864. The smallest absolute Gasteiger partial charge is 0.142 e. The van der Waals surface area contributed by atoms with E-state index in [1.807, 2.05) is 0 Å². The van der Waals surface area contributed by atoms with Crippen LogP contribution in [0, 0.1) is 0 Å². The first-order valence-corrected chi connectivity index (χ1v) is 14.0. The molecule has 2 aromatic rings. The van der Waals surface area contributed by atoms with E-state index in [0.29, 0.717) is 13.5 Å². The predicted octanol–water partition coefficient (Wildman–Crippen LogP) is 7.48. The van der Waals surface area contributed by atoms with E-state index in [-0.39, 0.29) is 5.41 Å². The molecule has 0 bridgehead atoms. The Kier molecular flexibility index (Phi) is 9.13. The zero-order chi connectivity index (χ0) is 24.7. The molecule has 0 aliphatic carbocycles. The molecular formula is C31H46N2O2. The normalized spacial score (nSPS) is 16.3. The van der Waals surface area contributed by atoms with Crippen LogP contribution in [0.15, 0.2) is 36.4 Å². The Hall–Kier alpha value is -2.04. The Balaban J connectivity index is 1.44. The summed E-state index contributed by atoms with van der Waals surface area (Å²) in [6.07, 6.45) is 10.3. The van der Waals surface area contributed by atoms with Crippen LogP contribution in [0.1, 0.15) is 101 Å². The summed E-state index contributed by atoms with van der Waals surface area (Å²) in [5.41, 5.74) is 5.24. The second-order valence-corrected chi connectivity index (χ2v) is 11.0. The Morgan fingerprint density at radius 2 is 1.11 bits per heavy atom. The van der Waals surface area contributed by atoms with Gasteiger partial charge in [-0.05, 0) is 48.2 Å². The molecular weight excluding hydrogens is 432 g/mol. The highest BCUT2D eigenvalue weighted by Gasteiger charge is 2.28. The van der Waals surface area contributed by atoms with Crippen LogP contribution in [-0.2, 0) is 18.5 Å². The summed E-state index contributed by atoms with van der Waals surface area (Å²) >= 11 is 0. The SMILES string of the molecule is CCCCCCN1COc2ccc(C(C)(C)c3ccc4c(c3)CN(CCCCCC)CO4)cc2C1. The molecule has 0 amide bonds. The van der Waals surface area contributed by atoms with Crippen LogP contribution in [0.2, 0.25) is 0 Å². The van der Waals surface area contributed by atoms with Gasteiger partial charge in [0.1, 0.15) is 25.0 Å². The third-order valence-corrected chi connectivity index (χ3v) is 7.81. The Labute approximate surface area is 213 Å². The lowest BCUT2D eigenvalue weighted by Crippen LogP contribution is -2.33. The summed E-state index contributed by atoms with van der Waals surface area (Å²) in [7, 11) is 0. The molecule has 0 aromatic heterocycles. The molecule has 4 rings (SSSR count). The van der Waals surface area contributed by atoms with Crippen molar-refractivity contribution in [3.05, 3.63) is 58.7 Å². The second kappa shape index (κ2) is 12.3. The van der Waals surface area contributed by atoms with Gasteiger partial charge in [-0.3, -0.25) is 9.80 Å². The molecule has 0 N–H and O–H groups in total. The summed E-state index contributed by atoms with van der Waals surface area (Å²) in [6, 6.07) is 13.6. The number of nitrogens with zero attached hydrogens (tertiary/aromatic N) is 2. The summed E-state index contributed by atoms with van der Waals surface area (Å²) in [5, 5.41) is 0. The van der Waals surface area contributed by atoms with Crippen molar-refractivity contribution < 1.29 is 9.47 Å². The van der Waals surface area contributed by atoms with Crippen LogP contribution in [-0.4, -0.2) is 36.4 Å². The van der Waals surface area contributed by atoms with E-state index in [1.54, 1.807) is 0 Å². The van der Waals surface area contributed by atoms with Gasteiger partial charge in [0.05, 0.1) is 0 Å². The minimum Gasteiger partial charge on any atom is -0.478 e. The molecule has 0 spiro atoms. The average Bonchev–Trinajstić information content (AvgIpc) is 2.88. The minimum absolute atomic E-state index is 0.0864. The third kappa shape index (κ3) is 6.59. The maximum atomic E-state index is 6.10. The number of rotatable bonds is 12. The molecule has 0 saturated carbocycles. The molecule has 2 aliphatic rings. The Morgan fingerprint density at radius 1 is 0.657 bits per heavy atom. The van der Waals surface area contributed by atoms with E-state index >= 15 is 0 Å². The lowest BCUT2D eigenvalue weighted by atomic mass is 9.77. The summed E-state index contributed by atoms with van der Waals surface area (Å²) in [5.74, 6) is 2.10. The molecule has 35 heavy (non-hydrogen) atoms. The van der Waals surface area contributed by atoms with Crippen LogP contribution in [0.25, 0.3) is 0 Å². The van der Waals surface area contributed by atoms with E-state index in [2.05, 4.69) is 73.9 Å². The van der Waals surface area contributed by atoms with Crippen molar-refractivity contribution >= 4 is 0 Å². The lowest BCUT2D eigenvalue weighted by molar-refractivity contribution is 0.0933. The van der Waals surface area contributed by atoms with Gasteiger partial charge in [0.15, 0.2) is 0 Å². The summed E-state index contributed by atoms with van der Waals surface area (Å²) in [6.45, 7) is 14.8. The van der Waals surface area contributed by atoms with Crippen molar-refractivity contribution in [1.82, 2.24) is 9.80 Å². The Bertz CT molecular complexity index is 879. The van der Waals surface area contributed by atoms with Crippen molar-refractivity contribution in [2.75, 3.05) is 26.6 Å². The molecule has 4 nitrogen and oxygen atoms in total. The average molecular weight is 479 g/mol. The van der Waals surface area contributed by atoms with Crippen LogP contribution in [0.4, 0.5) is 0 Å². The first-order chi connectivity index (χ1) is 17.0. The van der Waals surface area contributed by atoms with Gasteiger partial charge in [-0.2, -0.15) is 0 Å². The van der Waals surface area contributed by atoms with Crippen molar-refractivity contribution in [3.8, 4) is 11.5 Å². The maximum Gasteiger partial charge on any atom is 0.142 e. The number of ether oxygens (including phenoxy) is 2. The van der Waals surface area contributed by atoms with Gasteiger partial charge >= 0.3 is 0 Å². The molecule has 0 fully saturated rings. The van der Waals surface area contributed by atoms with Crippen molar-refractivity contribution in [3.63, 3.8) is 0 Å². The number of benzene rings is 2. The topological polar surface area (TPSA) is 24.9 Å². The maximum absolute atomic E-state index is 6.10. The van der Waals surface area contributed by atoms with E-state index in [4.69, 9.17) is 9.47 Å². The second-order valence-electron chi connectivity index (χ2n) is 11.0. The zero-order valence-corrected chi connectivity index (χ0v) is 22.6. The number of unbranched alkanes of at least 4 members (excludes halogenated alkanes) is 6. The molecule has 0 radical (unpaired) electrons. The zero-order valence-electron chi connectivity index (χ0n) is 22.6. The lowest BCUT2D eigenvalue weighted by Gasteiger charge is -2.33. The van der Waals surface area contributed by atoms with Gasteiger partial charge in [0.2, 0.25) is 0 Å². The fourth-order valence-corrected chi connectivity index (χ4v) is 5.34. The van der Waals surface area contributed by atoms with E-state index in [0.717, 1.165) is 37.7 Å². The van der Waals surface area contributed by atoms with E-state index < -0.39 is 0 Å². The monoisotopic (exact) mass is 478 g/mol. The number of hydrogen-bond acceptors (Lipinski definition) is 4. The molecule has 2 heterocycles. The van der Waals surface area contributed by atoms with Crippen LogP contribution < -0.4 is 9.47 Å². The fraction of sp³-hybridized carbons (Fsp3) is 0.613. The van der Waals surface area contributed by atoms with Gasteiger partial charge in [-0.1, -0.05) is 78.4 Å². The highest BCUT2D eigenvalue weighted by atomic mass is 16.5. The van der Waals surface area contributed by atoms with Gasteiger partial charge in [-0.25, -0.2) is 0 Å². The third-order valence-electron chi connectivity index (χ3n) is 7.81. The van der Waals surface area contributed by atoms with Crippen LogP contribution in [0.5, 0.6) is 11.5 Å². The standard InChI is InChI=1S/C31H46N2O2/c1-5-7-9-11-17-32-21-25-19-27(13-15-29(25)34-23-32)31(3,4)28-14-16-30-26(20-28)22-33(24-35-30)18-12-10-8-6-2/h13-16,19-20H,5-12,17-18,21-24H2,1-4H3. The molecule has 0 saturated heterocycles. The van der Waals surface area contributed by atoms with Gasteiger partial charge in [0.25, 0.3) is 0 Å². The fourth-order valence-electron chi connectivity index (χ4n) is 5.34. The molecule has 192 valence electrons. The predicted molar refractivity (Wildman–Crippen MR) is 145 cm³/mol. The van der Waals surface area contributed by atoms with E-state index in [1.165, 1.54) is 73.6 Å². The van der Waals surface area contributed by atoms with Crippen molar-refractivity contribution in [1.29, 1.82) is 0 Å². The molecule has 2 aliphatic heterocycles. The molecule has 2 aromatic carbocycles. The number of fused-ring (bicyclic) bond motifs is 2. The van der Waals surface area contributed by atoms with Gasteiger partial charge in [-0.15, -0.1) is 0 Å². The first kappa shape index (κ1) is 26.0. The molecule has 0 atom stereocenters. The van der Waals surface area contributed by atoms with Crippen molar-refractivity contribution in [2.24, 2.45) is 0 Å². The van der Waals surface area contributed by atoms with E-state index in [9.17, 15) is 0 Å². The number of hydrogen-bond donors (Lipinski definition) is 0. The molecule has 4 heteroatoms. The van der Waals surface area contributed by atoms with Gasteiger partial charge < -0.3 is 9.47 Å². The summed E-state index contributed by atoms with van der Waals surface area (Å²) < 4.78 is 12.2. The molecule has 0 unspecified atom stereocenters. The quantitative estimate of drug-likeness (QED) is 0.295. The highest BCUT2D eigenvalue weighted by Crippen LogP contribution is 2.38. The van der Waals surface area contributed by atoms with Crippen molar-refractivity contribution in [2.45, 2.75) is 97.6 Å². The largest absolute Gasteiger partial charge is 0.478 e. The first-order valence-electron chi connectivity index (χ1n) is 14.0. The van der Waals surface area contributed by atoms with Crippen LogP contribution >= 0.6 is 0 Å². The van der Waals surface area contributed by atoms with Gasteiger partial charge in [0, 0.05) is 42.7 Å². The summed E-state index contributed by atoms with van der Waals surface area (Å²) in [4.78, 5) is 4.89. The highest BCUT2D eigenvalue weighted by molar-refractivity contribution is 5.48. The Morgan fingerprint density at radius 3 is 1.54 bits per heavy atom. The van der Waals surface area contributed by atoms with Crippen LogP contribution in [0.3, 0.4) is 0 Å².